The molecule has 4 atom stereocenters. The van der Waals surface area contributed by atoms with Gasteiger partial charge in [0.05, 0.1) is 6.61 Å². The summed E-state index contributed by atoms with van der Waals surface area (Å²) in [5.41, 5.74) is 8.87. The molecule has 2 aliphatic heterocycles. The molecule has 3 rings (SSSR count). The van der Waals surface area contributed by atoms with Gasteiger partial charge in [0.1, 0.15) is 30.7 Å². The Balaban J connectivity index is 1.96. The summed E-state index contributed by atoms with van der Waals surface area (Å²) in [6.07, 6.45) is -4.29. The highest BCUT2D eigenvalue weighted by molar-refractivity contribution is 6.28. The molecule has 2 aliphatic rings. The topological polar surface area (TPSA) is 157 Å². The number of hydrogen-bond donors (Lipinski definition) is 5. The lowest BCUT2D eigenvalue weighted by molar-refractivity contribution is -0.120. The van der Waals surface area contributed by atoms with E-state index in [-0.39, 0.29) is 35.9 Å². The Labute approximate surface area is 147 Å². The molecule has 0 aliphatic carbocycles. The lowest BCUT2D eigenvalue weighted by Crippen LogP contribution is -2.50. The zero-order valence-electron chi connectivity index (χ0n) is 13.3. The first-order valence-corrected chi connectivity index (χ1v) is 8.04. The number of halogens is 1. The van der Waals surface area contributed by atoms with E-state index in [9.17, 15) is 20.1 Å². The van der Waals surface area contributed by atoms with Gasteiger partial charge in [0, 0.05) is 6.42 Å². The van der Waals surface area contributed by atoms with Gasteiger partial charge in [-0.25, -0.2) is 0 Å². The SMILES string of the molecule is CCC(=O)NN1CN([C@@H]2O[C@H](CO)C(O)C2O)c2nc(Cl)nc(N)c21. The van der Waals surface area contributed by atoms with Crippen LogP contribution in [0.15, 0.2) is 0 Å². The second-order valence-electron chi connectivity index (χ2n) is 5.71. The summed E-state index contributed by atoms with van der Waals surface area (Å²) in [4.78, 5) is 21.2. The van der Waals surface area contributed by atoms with E-state index >= 15 is 0 Å². The number of amides is 1. The van der Waals surface area contributed by atoms with E-state index in [1.807, 2.05) is 0 Å². The fraction of sp³-hybridized carbons (Fsp3) is 0.615. The van der Waals surface area contributed by atoms with E-state index in [0.29, 0.717) is 5.69 Å². The monoisotopic (exact) mass is 374 g/mol. The van der Waals surface area contributed by atoms with E-state index in [2.05, 4.69) is 15.4 Å². The van der Waals surface area contributed by atoms with Crippen LogP contribution in [0.2, 0.25) is 5.28 Å². The molecule has 0 saturated carbocycles. The van der Waals surface area contributed by atoms with Gasteiger partial charge in [0.15, 0.2) is 17.9 Å². The van der Waals surface area contributed by atoms with Crippen LogP contribution in [0.25, 0.3) is 0 Å². The van der Waals surface area contributed by atoms with Gasteiger partial charge in [-0.3, -0.25) is 15.2 Å². The summed E-state index contributed by atoms with van der Waals surface area (Å²) in [7, 11) is 0. The van der Waals surface area contributed by atoms with Gasteiger partial charge in [0.25, 0.3) is 0 Å². The Kier molecular flexibility index (Phi) is 4.84. The van der Waals surface area contributed by atoms with Crippen molar-refractivity contribution < 1.29 is 24.9 Å². The van der Waals surface area contributed by atoms with E-state index < -0.39 is 31.1 Å². The van der Waals surface area contributed by atoms with Crippen LogP contribution in [0, 0.1) is 0 Å². The number of carbonyl (C=O) groups excluding carboxylic acids is 1. The predicted molar refractivity (Wildman–Crippen MR) is 87.5 cm³/mol. The Morgan fingerprint density at radius 3 is 2.76 bits per heavy atom. The molecule has 1 aromatic heterocycles. The summed E-state index contributed by atoms with van der Waals surface area (Å²) in [5, 5.41) is 30.8. The molecule has 6 N–H and O–H groups in total. The van der Waals surface area contributed by atoms with Crippen LogP contribution in [0.5, 0.6) is 0 Å². The number of anilines is 3. The molecule has 3 heterocycles. The van der Waals surface area contributed by atoms with Crippen molar-refractivity contribution in [3.8, 4) is 0 Å². The highest BCUT2D eigenvalue weighted by atomic mass is 35.5. The Morgan fingerprint density at radius 2 is 2.16 bits per heavy atom. The van der Waals surface area contributed by atoms with Crippen molar-refractivity contribution in [2.45, 2.75) is 37.9 Å². The molecule has 0 radical (unpaired) electrons. The summed E-state index contributed by atoms with van der Waals surface area (Å²) < 4.78 is 5.53. The van der Waals surface area contributed by atoms with Gasteiger partial charge in [0.2, 0.25) is 11.2 Å². The number of ether oxygens (including phenoxy) is 1. The van der Waals surface area contributed by atoms with Gasteiger partial charge >= 0.3 is 0 Å². The quantitative estimate of drug-likeness (QED) is 0.380. The minimum absolute atomic E-state index is 0.0346. The van der Waals surface area contributed by atoms with Crippen molar-refractivity contribution in [3.63, 3.8) is 0 Å². The van der Waals surface area contributed by atoms with Crippen LogP contribution in [0.4, 0.5) is 17.3 Å². The second kappa shape index (κ2) is 6.77. The molecule has 0 spiro atoms. The number of rotatable bonds is 4. The molecule has 12 heteroatoms. The zero-order chi connectivity index (χ0) is 18.3. The number of hydrogen-bond acceptors (Lipinski definition) is 10. The maximum absolute atomic E-state index is 11.8. The molecule has 25 heavy (non-hydrogen) atoms. The van der Waals surface area contributed by atoms with Crippen LogP contribution in [0.3, 0.4) is 0 Å². The number of aliphatic hydroxyl groups is 3. The third-order valence-electron chi connectivity index (χ3n) is 4.11. The highest BCUT2D eigenvalue weighted by Crippen LogP contribution is 2.41. The third kappa shape index (κ3) is 3.04. The smallest absolute Gasteiger partial charge is 0.238 e. The number of nitrogens with two attached hydrogens (primary N) is 1. The average Bonchev–Trinajstić information content (AvgIpc) is 3.06. The molecule has 0 bridgehead atoms. The maximum atomic E-state index is 11.8. The standard InChI is InChI=1S/C13H19ClN6O5/c1-2-6(22)18-20-4-19(11-7(20)10(15)16-13(14)17-11)12-9(24)8(23)5(3-21)25-12/h5,8-9,12,21,23-24H,2-4H2,1H3,(H,18,22)(H2,15,16,17)/t5-,8?,9?,12-/m1/s1. The largest absolute Gasteiger partial charge is 0.394 e. The first kappa shape index (κ1) is 17.9. The number of carbonyl (C=O) groups is 1. The lowest BCUT2D eigenvalue weighted by Gasteiger charge is -2.28. The minimum atomic E-state index is -1.30. The number of nitrogens with one attached hydrogen (secondary N) is 1. The average molecular weight is 375 g/mol. The third-order valence-corrected chi connectivity index (χ3v) is 4.28. The van der Waals surface area contributed by atoms with Crippen molar-refractivity contribution in [2.75, 3.05) is 28.9 Å². The number of aromatic nitrogens is 2. The molecule has 1 saturated heterocycles. The van der Waals surface area contributed by atoms with Gasteiger partial charge in [-0.05, 0) is 11.6 Å². The summed E-state index contributed by atoms with van der Waals surface area (Å²) in [6.45, 7) is 1.27. The molecule has 0 aromatic carbocycles. The van der Waals surface area contributed by atoms with Gasteiger partial charge in [-0.1, -0.05) is 6.92 Å². The summed E-state index contributed by atoms with van der Waals surface area (Å²) in [6, 6.07) is 0. The molecule has 138 valence electrons. The van der Waals surface area contributed by atoms with Crippen molar-refractivity contribution in [3.05, 3.63) is 5.28 Å². The fourth-order valence-corrected chi connectivity index (χ4v) is 3.01. The Bertz CT molecular complexity index is 679. The first-order chi connectivity index (χ1) is 11.9. The Morgan fingerprint density at radius 1 is 1.44 bits per heavy atom. The fourth-order valence-electron chi connectivity index (χ4n) is 2.84. The molecular formula is C13H19ClN6O5. The first-order valence-electron chi connectivity index (χ1n) is 7.66. The number of fused-ring (bicyclic) bond motifs is 1. The number of nitrogen functional groups attached to an aromatic ring is 1. The summed E-state index contributed by atoms with van der Waals surface area (Å²) in [5.74, 6) is 0.0210. The molecule has 1 fully saturated rings. The number of nitrogens with zero attached hydrogens (tertiary/aromatic N) is 4. The Hall–Kier alpha value is -1.92. The van der Waals surface area contributed by atoms with Crippen molar-refractivity contribution in [2.24, 2.45) is 0 Å². The van der Waals surface area contributed by atoms with Crippen LogP contribution in [0.1, 0.15) is 13.3 Å². The minimum Gasteiger partial charge on any atom is -0.394 e. The highest BCUT2D eigenvalue weighted by Gasteiger charge is 2.49. The van der Waals surface area contributed by atoms with Crippen molar-refractivity contribution in [1.82, 2.24) is 15.4 Å². The van der Waals surface area contributed by atoms with Gasteiger partial charge in [-0.2, -0.15) is 9.97 Å². The van der Waals surface area contributed by atoms with Crippen LogP contribution >= 0.6 is 11.6 Å². The maximum Gasteiger partial charge on any atom is 0.238 e. The normalized spacial score (nSPS) is 28.4. The number of hydrazine groups is 1. The van der Waals surface area contributed by atoms with Crippen molar-refractivity contribution >= 4 is 34.8 Å². The van der Waals surface area contributed by atoms with Gasteiger partial charge < -0.3 is 30.7 Å². The summed E-state index contributed by atoms with van der Waals surface area (Å²) >= 11 is 5.87. The molecular weight excluding hydrogens is 356 g/mol. The molecule has 11 nitrogen and oxygen atoms in total. The van der Waals surface area contributed by atoms with Crippen LogP contribution in [-0.4, -0.2) is 69.0 Å². The second-order valence-corrected chi connectivity index (χ2v) is 6.04. The van der Waals surface area contributed by atoms with Crippen molar-refractivity contribution in [1.29, 1.82) is 0 Å². The van der Waals surface area contributed by atoms with E-state index in [1.165, 1.54) is 9.91 Å². The lowest BCUT2D eigenvalue weighted by atomic mass is 10.1. The van der Waals surface area contributed by atoms with E-state index in [0.717, 1.165) is 0 Å². The van der Waals surface area contributed by atoms with E-state index in [4.69, 9.17) is 22.1 Å². The van der Waals surface area contributed by atoms with Crippen LogP contribution < -0.4 is 21.1 Å². The molecule has 2 unspecified atom stereocenters. The zero-order valence-corrected chi connectivity index (χ0v) is 14.1. The predicted octanol–water partition coefficient (Wildman–Crippen LogP) is -1.82. The van der Waals surface area contributed by atoms with Gasteiger partial charge in [-0.15, -0.1) is 0 Å². The molecule has 1 aromatic rings. The molecule has 1 amide bonds. The van der Waals surface area contributed by atoms with E-state index in [1.54, 1.807) is 6.92 Å². The van der Waals surface area contributed by atoms with Crippen LogP contribution in [-0.2, 0) is 9.53 Å². The number of aliphatic hydroxyl groups excluding tert-OH is 3.